The molecule has 0 radical (unpaired) electrons. The summed E-state index contributed by atoms with van der Waals surface area (Å²) in [5.41, 5.74) is 0.152. The highest BCUT2D eigenvalue weighted by Crippen LogP contribution is 2.16. The molecule has 1 amide bonds. The first-order chi connectivity index (χ1) is 9.88. The van der Waals surface area contributed by atoms with E-state index in [-0.39, 0.29) is 11.3 Å². The van der Waals surface area contributed by atoms with Crippen LogP contribution in [0.2, 0.25) is 0 Å². The molecule has 0 saturated carbocycles. The van der Waals surface area contributed by atoms with Crippen molar-refractivity contribution in [2.24, 2.45) is 7.05 Å². The van der Waals surface area contributed by atoms with Gasteiger partial charge in [0.05, 0.1) is 6.04 Å². The Morgan fingerprint density at radius 2 is 1.95 bits per heavy atom. The van der Waals surface area contributed by atoms with E-state index in [0.29, 0.717) is 5.56 Å². The van der Waals surface area contributed by atoms with Crippen molar-refractivity contribution < 1.29 is 13.6 Å². The average Bonchev–Trinajstić information content (AvgIpc) is 2.44. The second-order valence-corrected chi connectivity index (χ2v) is 4.55. The molecular weight excluding hydrogens is 280 g/mol. The molecule has 0 fully saturated rings. The number of halogens is 2. The van der Waals surface area contributed by atoms with Gasteiger partial charge in [-0.05, 0) is 30.7 Å². The standard InChI is InChI=1S/C14H13F2N3O2/c1-8(9-3-4-10(15)11(16)7-9)17-14(21)12-5-6-13(20)19(2)18-12/h3-8H,1-2H3,(H,17,21). The normalized spacial score (nSPS) is 12.0. The number of nitrogens with one attached hydrogen (secondary N) is 1. The zero-order valence-electron chi connectivity index (χ0n) is 11.4. The van der Waals surface area contributed by atoms with Crippen molar-refractivity contribution in [3.8, 4) is 0 Å². The molecule has 1 aromatic heterocycles. The van der Waals surface area contributed by atoms with Crippen LogP contribution in [0.3, 0.4) is 0 Å². The molecule has 110 valence electrons. The molecule has 0 spiro atoms. The molecule has 1 aromatic carbocycles. The number of aryl methyl sites for hydroxylation is 1. The van der Waals surface area contributed by atoms with Crippen molar-refractivity contribution in [3.05, 3.63) is 63.6 Å². The lowest BCUT2D eigenvalue weighted by Crippen LogP contribution is -2.30. The molecule has 7 heteroatoms. The summed E-state index contributed by atoms with van der Waals surface area (Å²) in [6.07, 6.45) is 0. The smallest absolute Gasteiger partial charge is 0.272 e. The van der Waals surface area contributed by atoms with Crippen LogP contribution in [0.25, 0.3) is 0 Å². The van der Waals surface area contributed by atoms with Crippen LogP contribution in [0.5, 0.6) is 0 Å². The zero-order chi connectivity index (χ0) is 15.6. The summed E-state index contributed by atoms with van der Waals surface area (Å²) < 4.78 is 27.1. The largest absolute Gasteiger partial charge is 0.344 e. The molecule has 0 bridgehead atoms. The molecule has 1 heterocycles. The van der Waals surface area contributed by atoms with E-state index >= 15 is 0 Å². The number of carbonyl (C=O) groups excluding carboxylic acids is 1. The lowest BCUT2D eigenvalue weighted by atomic mass is 10.1. The summed E-state index contributed by atoms with van der Waals surface area (Å²) in [4.78, 5) is 23.2. The van der Waals surface area contributed by atoms with Crippen molar-refractivity contribution in [2.45, 2.75) is 13.0 Å². The fraction of sp³-hybridized carbons (Fsp3) is 0.214. The van der Waals surface area contributed by atoms with E-state index in [4.69, 9.17) is 0 Å². The third-order valence-electron chi connectivity index (χ3n) is 2.98. The summed E-state index contributed by atoms with van der Waals surface area (Å²) in [5.74, 6) is -2.44. The molecule has 0 aliphatic carbocycles. The Morgan fingerprint density at radius 1 is 1.24 bits per heavy atom. The monoisotopic (exact) mass is 293 g/mol. The van der Waals surface area contributed by atoms with Gasteiger partial charge in [-0.15, -0.1) is 0 Å². The number of benzene rings is 1. The first-order valence-corrected chi connectivity index (χ1v) is 6.18. The van der Waals surface area contributed by atoms with Crippen LogP contribution in [0.15, 0.2) is 35.1 Å². The van der Waals surface area contributed by atoms with Crippen LogP contribution >= 0.6 is 0 Å². The van der Waals surface area contributed by atoms with Crippen molar-refractivity contribution >= 4 is 5.91 Å². The maximum atomic E-state index is 13.2. The van der Waals surface area contributed by atoms with Gasteiger partial charge in [0.1, 0.15) is 5.69 Å². The Hall–Kier alpha value is -2.57. The Morgan fingerprint density at radius 3 is 2.57 bits per heavy atom. The topological polar surface area (TPSA) is 64.0 Å². The molecular formula is C14H13F2N3O2. The van der Waals surface area contributed by atoms with Gasteiger partial charge in [0.2, 0.25) is 0 Å². The van der Waals surface area contributed by atoms with Crippen LogP contribution in [0.1, 0.15) is 29.0 Å². The molecule has 1 unspecified atom stereocenters. The third-order valence-corrected chi connectivity index (χ3v) is 2.98. The van der Waals surface area contributed by atoms with E-state index in [2.05, 4.69) is 10.4 Å². The predicted molar refractivity (Wildman–Crippen MR) is 71.7 cm³/mol. The Balaban J connectivity index is 2.16. The van der Waals surface area contributed by atoms with Crippen molar-refractivity contribution in [1.82, 2.24) is 15.1 Å². The minimum atomic E-state index is -0.978. The lowest BCUT2D eigenvalue weighted by molar-refractivity contribution is 0.0932. The number of aromatic nitrogens is 2. The maximum Gasteiger partial charge on any atom is 0.272 e. The van der Waals surface area contributed by atoms with Crippen LogP contribution in [-0.2, 0) is 7.05 Å². The average molecular weight is 293 g/mol. The van der Waals surface area contributed by atoms with Gasteiger partial charge < -0.3 is 5.32 Å². The Kier molecular flexibility index (Phi) is 4.11. The van der Waals surface area contributed by atoms with E-state index < -0.39 is 23.6 Å². The first-order valence-electron chi connectivity index (χ1n) is 6.18. The highest BCUT2D eigenvalue weighted by Gasteiger charge is 2.14. The SMILES string of the molecule is CC(NC(=O)c1ccc(=O)n(C)n1)c1ccc(F)c(F)c1. The minimum Gasteiger partial charge on any atom is -0.344 e. The number of rotatable bonds is 3. The van der Waals surface area contributed by atoms with Gasteiger partial charge in [-0.1, -0.05) is 6.07 Å². The van der Waals surface area contributed by atoms with Crippen molar-refractivity contribution in [3.63, 3.8) is 0 Å². The molecule has 2 rings (SSSR count). The van der Waals surface area contributed by atoms with Gasteiger partial charge in [0.15, 0.2) is 11.6 Å². The van der Waals surface area contributed by atoms with E-state index in [9.17, 15) is 18.4 Å². The maximum absolute atomic E-state index is 13.2. The van der Waals surface area contributed by atoms with Gasteiger partial charge in [0.25, 0.3) is 11.5 Å². The van der Waals surface area contributed by atoms with Crippen LogP contribution in [0.4, 0.5) is 8.78 Å². The zero-order valence-corrected chi connectivity index (χ0v) is 11.4. The fourth-order valence-corrected chi connectivity index (χ4v) is 1.76. The first kappa shape index (κ1) is 14.8. The van der Waals surface area contributed by atoms with Crippen LogP contribution in [-0.4, -0.2) is 15.7 Å². The molecule has 2 aromatic rings. The number of amides is 1. The number of hydrogen-bond acceptors (Lipinski definition) is 3. The lowest BCUT2D eigenvalue weighted by Gasteiger charge is -2.14. The molecule has 0 saturated heterocycles. The number of nitrogens with zero attached hydrogens (tertiary/aromatic N) is 2. The third kappa shape index (κ3) is 3.31. The highest BCUT2D eigenvalue weighted by atomic mass is 19.2. The van der Waals surface area contributed by atoms with Gasteiger partial charge in [-0.2, -0.15) is 5.10 Å². The quantitative estimate of drug-likeness (QED) is 0.934. The van der Waals surface area contributed by atoms with E-state index in [1.807, 2.05) is 0 Å². The van der Waals surface area contributed by atoms with E-state index in [0.717, 1.165) is 16.8 Å². The minimum absolute atomic E-state index is 0.0616. The summed E-state index contributed by atoms with van der Waals surface area (Å²) in [6.45, 7) is 1.63. The Bertz CT molecular complexity index is 743. The summed E-state index contributed by atoms with van der Waals surface area (Å²) in [6, 6.07) is 5.40. The van der Waals surface area contributed by atoms with Gasteiger partial charge in [-0.25, -0.2) is 13.5 Å². The van der Waals surface area contributed by atoms with E-state index in [1.54, 1.807) is 6.92 Å². The summed E-state index contributed by atoms with van der Waals surface area (Å²) >= 11 is 0. The predicted octanol–water partition coefficient (Wildman–Crippen LogP) is 1.55. The molecule has 0 aliphatic heterocycles. The Labute approximate surface area is 119 Å². The van der Waals surface area contributed by atoms with Crippen LogP contribution < -0.4 is 10.9 Å². The number of hydrogen-bond donors (Lipinski definition) is 1. The highest BCUT2D eigenvalue weighted by molar-refractivity contribution is 5.92. The number of carbonyl (C=O) groups is 1. The second-order valence-electron chi connectivity index (χ2n) is 4.55. The van der Waals surface area contributed by atoms with Gasteiger partial charge in [0, 0.05) is 13.1 Å². The molecule has 1 atom stereocenters. The van der Waals surface area contributed by atoms with E-state index in [1.165, 1.54) is 25.2 Å². The van der Waals surface area contributed by atoms with Crippen LogP contribution in [0, 0.1) is 11.6 Å². The molecule has 1 N–H and O–H groups in total. The summed E-state index contributed by atoms with van der Waals surface area (Å²) in [7, 11) is 1.43. The fourth-order valence-electron chi connectivity index (χ4n) is 1.76. The molecule has 0 aliphatic rings. The summed E-state index contributed by atoms with van der Waals surface area (Å²) in [5, 5.41) is 6.41. The van der Waals surface area contributed by atoms with Crippen molar-refractivity contribution in [2.75, 3.05) is 0 Å². The van der Waals surface area contributed by atoms with Gasteiger partial charge in [-0.3, -0.25) is 9.59 Å². The van der Waals surface area contributed by atoms with Crippen molar-refractivity contribution in [1.29, 1.82) is 0 Å². The van der Waals surface area contributed by atoms with Gasteiger partial charge >= 0.3 is 0 Å². The molecule has 5 nitrogen and oxygen atoms in total. The molecule has 21 heavy (non-hydrogen) atoms. The second kappa shape index (κ2) is 5.82.